The predicted molar refractivity (Wildman–Crippen MR) is 194 cm³/mol. The first-order valence-corrected chi connectivity index (χ1v) is 15.8. The van der Waals surface area contributed by atoms with Crippen molar-refractivity contribution in [2.24, 2.45) is 0 Å². The summed E-state index contributed by atoms with van der Waals surface area (Å²) in [6.45, 7) is 9.10. The first kappa shape index (κ1) is 29.8. The summed E-state index contributed by atoms with van der Waals surface area (Å²) in [7, 11) is 0. The van der Waals surface area contributed by atoms with E-state index in [0.717, 1.165) is 34.1 Å². The van der Waals surface area contributed by atoms with E-state index in [1.54, 1.807) is 0 Å². The highest BCUT2D eigenvalue weighted by atomic mass is 15.2. The Kier molecular flexibility index (Phi) is 8.98. The van der Waals surface area contributed by atoms with Gasteiger partial charge in [-0.1, -0.05) is 119 Å². The van der Waals surface area contributed by atoms with Crippen molar-refractivity contribution in [3.05, 3.63) is 169 Å². The second kappa shape index (κ2) is 13.6. The van der Waals surface area contributed by atoms with Gasteiger partial charge in [-0.25, -0.2) is 0 Å². The zero-order chi connectivity index (χ0) is 31.2. The smallest absolute Gasteiger partial charge is 0.0503 e. The van der Waals surface area contributed by atoms with Crippen molar-refractivity contribution in [2.75, 3.05) is 15.1 Å². The SMILES string of the molecule is CC(C)c1ccccc1N(c1cc(Nc2ccccc2)cc(N(c2ccccc2)c2ccccc2)c1)c1ccccc1C(C)C. The lowest BCUT2D eigenvalue weighted by atomic mass is 9.96. The topological polar surface area (TPSA) is 18.5 Å². The largest absolute Gasteiger partial charge is 0.355 e. The van der Waals surface area contributed by atoms with Gasteiger partial charge in [0, 0.05) is 34.1 Å². The van der Waals surface area contributed by atoms with E-state index in [0.29, 0.717) is 11.8 Å². The van der Waals surface area contributed by atoms with Crippen molar-refractivity contribution >= 4 is 45.5 Å². The molecule has 0 atom stereocenters. The summed E-state index contributed by atoms with van der Waals surface area (Å²) < 4.78 is 0. The van der Waals surface area contributed by atoms with Gasteiger partial charge in [-0.2, -0.15) is 0 Å². The number of para-hydroxylation sites is 5. The second-order valence-electron chi connectivity index (χ2n) is 12.0. The maximum atomic E-state index is 3.72. The summed E-state index contributed by atoms with van der Waals surface area (Å²) in [5, 5.41) is 3.72. The van der Waals surface area contributed by atoms with Gasteiger partial charge in [0.25, 0.3) is 0 Å². The van der Waals surface area contributed by atoms with Crippen molar-refractivity contribution in [3.8, 4) is 0 Å². The van der Waals surface area contributed by atoms with E-state index in [4.69, 9.17) is 0 Å². The van der Waals surface area contributed by atoms with E-state index in [1.165, 1.54) is 22.5 Å². The Morgan fingerprint density at radius 2 is 0.778 bits per heavy atom. The van der Waals surface area contributed by atoms with Crippen LogP contribution in [0.2, 0.25) is 0 Å². The fourth-order valence-electron chi connectivity index (χ4n) is 5.98. The van der Waals surface area contributed by atoms with Crippen LogP contribution in [0.3, 0.4) is 0 Å². The molecular formula is C42H41N3. The molecule has 0 saturated carbocycles. The molecule has 0 saturated heterocycles. The van der Waals surface area contributed by atoms with E-state index in [9.17, 15) is 0 Å². The van der Waals surface area contributed by atoms with Crippen molar-refractivity contribution in [3.63, 3.8) is 0 Å². The number of benzene rings is 6. The van der Waals surface area contributed by atoms with Crippen LogP contribution in [0.5, 0.6) is 0 Å². The van der Waals surface area contributed by atoms with Gasteiger partial charge in [-0.05, 0) is 89.7 Å². The van der Waals surface area contributed by atoms with Crippen molar-refractivity contribution < 1.29 is 0 Å². The Balaban J connectivity index is 1.64. The van der Waals surface area contributed by atoms with Crippen LogP contribution < -0.4 is 15.1 Å². The molecule has 45 heavy (non-hydrogen) atoms. The molecule has 0 aliphatic heterocycles. The molecule has 6 aromatic rings. The third-order valence-corrected chi connectivity index (χ3v) is 8.11. The van der Waals surface area contributed by atoms with Crippen LogP contribution in [0.1, 0.15) is 50.7 Å². The number of hydrogen-bond donors (Lipinski definition) is 1. The third-order valence-electron chi connectivity index (χ3n) is 8.11. The lowest BCUT2D eigenvalue weighted by Gasteiger charge is -2.33. The summed E-state index contributed by atoms with van der Waals surface area (Å²) >= 11 is 0. The monoisotopic (exact) mass is 587 g/mol. The number of rotatable bonds is 10. The van der Waals surface area contributed by atoms with Crippen LogP contribution in [0, 0.1) is 0 Å². The van der Waals surface area contributed by atoms with Gasteiger partial charge >= 0.3 is 0 Å². The Morgan fingerprint density at radius 1 is 0.378 bits per heavy atom. The molecule has 0 amide bonds. The van der Waals surface area contributed by atoms with Crippen molar-refractivity contribution in [1.82, 2.24) is 0 Å². The quantitative estimate of drug-likeness (QED) is 0.172. The molecule has 1 N–H and O–H groups in total. The van der Waals surface area contributed by atoms with Crippen LogP contribution in [0.15, 0.2) is 158 Å². The highest BCUT2D eigenvalue weighted by Gasteiger charge is 2.23. The summed E-state index contributed by atoms with van der Waals surface area (Å²) in [5.41, 5.74) is 11.4. The molecule has 0 bridgehead atoms. The third kappa shape index (κ3) is 6.63. The number of anilines is 8. The summed E-state index contributed by atoms with van der Waals surface area (Å²) in [5.74, 6) is 0.704. The maximum absolute atomic E-state index is 3.72. The van der Waals surface area contributed by atoms with Gasteiger partial charge < -0.3 is 15.1 Å². The number of nitrogens with one attached hydrogen (secondary N) is 1. The van der Waals surface area contributed by atoms with Gasteiger partial charge in [0.1, 0.15) is 0 Å². The maximum Gasteiger partial charge on any atom is 0.0503 e. The molecule has 0 spiro atoms. The second-order valence-corrected chi connectivity index (χ2v) is 12.0. The lowest BCUT2D eigenvalue weighted by Crippen LogP contribution is -2.17. The van der Waals surface area contributed by atoms with Gasteiger partial charge in [0.05, 0.1) is 11.4 Å². The molecule has 0 unspecified atom stereocenters. The molecule has 0 fully saturated rings. The van der Waals surface area contributed by atoms with E-state index in [1.807, 2.05) is 6.07 Å². The fraction of sp³-hybridized carbons (Fsp3) is 0.143. The minimum atomic E-state index is 0.352. The summed E-state index contributed by atoms with van der Waals surface area (Å²) in [4.78, 5) is 4.79. The molecule has 6 aromatic carbocycles. The fourth-order valence-corrected chi connectivity index (χ4v) is 5.98. The average molecular weight is 588 g/mol. The molecule has 3 heteroatoms. The Labute approximate surface area is 268 Å². The van der Waals surface area contributed by atoms with Crippen LogP contribution >= 0.6 is 0 Å². The molecule has 3 nitrogen and oxygen atoms in total. The molecular weight excluding hydrogens is 546 g/mol. The average Bonchev–Trinajstić information content (AvgIpc) is 3.07. The van der Waals surface area contributed by atoms with Crippen molar-refractivity contribution in [1.29, 1.82) is 0 Å². The van der Waals surface area contributed by atoms with Crippen LogP contribution in [0.25, 0.3) is 0 Å². The molecule has 0 aromatic heterocycles. The Hall–Kier alpha value is -5.28. The van der Waals surface area contributed by atoms with E-state index in [-0.39, 0.29) is 0 Å². The van der Waals surface area contributed by atoms with Gasteiger partial charge in [0.2, 0.25) is 0 Å². The van der Waals surface area contributed by atoms with Crippen molar-refractivity contribution in [2.45, 2.75) is 39.5 Å². The lowest BCUT2D eigenvalue weighted by molar-refractivity contribution is 0.854. The number of nitrogens with zero attached hydrogens (tertiary/aromatic N) is 2. The Morgan fingerprint density at radius 3 is 1.24 bits per heavy atom. The highest BCUT2D eigenvalue weighted by molar-refractivity contribution is 5.88. The minimum absolute atomic E-state index is 0.352. The first-order valence-electron chi connectivity index (χ1n) is 15.8. The van der Waals surface area contributed by atoms with Gasteiger partial charge in [0.15, 0.2) is 0 Å². The highest BCUT2D eigenvalue weighted by Crippen LogP contribution is 2.46. The summed E-state index contributed by atoms with van der Waals surface area (Å²) in [6, 6.07) is 56.1. The zero-order valence-electron chi connectivity index (χ0n) is 26.6. The molecule has 6 rings (SSSR count). The zero-order valence-corrected chi connectivity index (χ0v) is 26.6. The number of hydrogen-bond acceptors (Lipinski definition) is 3. The van der Waals surface area contributed by atoms with Crippen LogP contribution in [-0.2, 0) is 0 Å². The van der Waals surface area contributed by atoms with Gasteiger partial charge in [-0.3, -0.25) is 0 Å². The predicted octanol–water partition coefficient (Wildman–Crippen LogP) is 12.6. The van der Waals surface area contributed by atoms with E-state index < -0.39 is 0 Å². The first-order chi connectivity index (χ1) is 22.0. The molecule has 0 radical (unpaired) electrons. The summed E-state index contributed by atoms with van der Waals surface area (Å²) in [6.07, 6.45) is 0. The normalized spacial score (nSPS) is 11.1. The van der Waals surface area contributed by atoms with Gasteiger partial charge in [-0.15, -0.1) is 0 Å². The molecule has 0 aliphatic rings. The molecule has 0 heterocycles. The van der Waals surface area contributed by atoms with Crippen LogP contribution in [0.4, 0.5) is 45.5 Å². The Bertz CT molecular complexity index is 1740. The standard InChI is InChI=1S/C42H41N3/c1-31(2)39-24-14-16-26-41(39)45(42-27-17-15-25-40(42)32(3)4)38-29-34(43-33-18-8-5-9-19-33)28-37(30-38)44(35-20-10-6-11-21-35)36-22-12-7-13-23-36/h5-32,43H,1-4H3. The van der Waals surface area contributed by atoms with E-state index in [2.05, 4.69) is 194 Å². The van der Waals surface area contributed by atoms with E-state index >= 15 is 0 Å². The van der Waals surface area contributed by atoms with Crippen LogP contribution in [-0.4, -0.2) is 0 Å². The molecule has 224 valence electrons. The molecule has 0 aliphatic carbocycles. The minimum Gasteiger partial charge on any atom is -0.355 e.